The quantitative estimate of drug-likeness (QED) is 0.416. The van der Waals surface area contributed by atoms with Crippen LogP contribution in [0.4, 0.5) is 0 Å². The minimum Gasteiger partial charge on any atom is -0.502 e. The third kappa shape index (κ3) is 2.46. The minimum absolute atomic E-state index is 0. The molecule has 0 atom stereocenters. The number of nitriles is 2. The fourth-order valence-electron chi connectivity index (χ4n) is 0.910. The normalized spacial score (nSPS) is 7.64. The molecule has 0 aliphatic heterocycles. The van der Waals surface area contributed by atoms with Crippen molar-refractivity contribution in [2.24, 2.45) is 7.05 Å². The molecule has 14 heavy (non-hydrogen) atoms. The zero-order valence-corrected chi connectivity index (χ0v) is 12.2. The fraction of sp³-hybridized carbons (Fsp3) is 0.143. The molecule has 0 aliphatic carbocycles. The number of hydrogen-bond donors (Lipinski definition) is 2. The topological polar surface area (TPSA) is 93.0 Å². The average Bonchev–Trinajstić information content (AvgIpc) is 2.25. The van der Waals surface area contributed by atoms with Crippen molar-refractivity contribution in [2.45, 2.75) is 0 Å². The summed E-state index contributed by atoms with van der Waals surface area (Å²) in [5.74, 6) is -1.09. The van der Waals surface area contributed by atoms with Gasteiger partial charge in [-0.15, -0.1) is 0 Å². The van der Waals surface area contributed by atoms with E-state index in [0.29, 0.717) is 0 Å². The van der Waals surface area contributed by atoms with Gasteiger partial charge in [-0.25, -0.2) is 0 Å². The number of nitrogens with zero attached hydrogens (tertiary/aromatic N) is 3. The minimum atomic E-state index is -0.545. The van der Waals surface area contributed by atoms with Crippen LogP contribution in [0.25, 0.3) is 0 Å². The largest absolute Gasteiger partial charge is 1.00 e. The van der Waals surface area contributed by atoms with Crippen molar-refractivity contribution < 1.29 is 69.3 Å². The van der Waals surface area contributed by atoms with Gasteiger partial charge in [0.15, 0.2) is 22.9 Å². The third-order valence-electron chi connectivity index (χ3n) is 1.56. The molecule has 0 bridgehead atoms. The summed E-state index contributed by atoms with van der Waals surface area (Å²) in [6.45, 7) is 0. The molecular weight excluding hydrogens is 204 g/mol. The smallest absolute Gasteiger partial charge is 0.502 e. The molecule has 1 aromatic heterocycles. The van der Waals surface area contributed by atoms with Gasteiger partial charge in [-0.1, -0.05) is 0 Å². The SMILES string of the molecule is Cn1c(C#N)c(O)c(O)c1C#N.[Na+].[Na+]. The summed E-state index contributed by atoms with van der Waals surface area (Å²) >= 11 is 0. The summed E-state index contributed by atoms with van der Waals surface area (Å²) in [5, 5.41) is 35.1. The van der Waals surface area contributed by atoms with Crippen LogP contribution in [0, 0.1) is 22.7 Å². The molecule has 0 amide bonds. The van der Waals surface area contributed by atoms with Gasteiger partial charge >= 0.3 is 59.1 Å². The maximum Gasteiger partial charge on any atom is 1.00 e. The summed E-state index contributed by atoms with van der Waals surface area (Å²) < 4.78 is 1.13. The Labute approximate surface area is 125 Å². The van der Waals surface area contributed by atoms with Crippen molar-refractivity contribution in [1.29, 1.82) is 10.5 Å². The molecule has 0 fully saturated rings. The first-order valence-corrected chi connectivity index (χ1v) is 3.04. The maximum absolute atomic E-state index is 9.09. The summed E-state index contributed by atoms with van der Waals surface area (Å²) in [6, 6.07) is 3.32. The van der Waals surface area contributed by atoms with Crippen molar-refractivity contribution >= 4 is 0 Å². The van der Waals surface area contributed by atoms with E-state index in [2.05, 4.69) is 0 Å². The first kappa shape index (κ1) is 16.3. The van der Waals surface area contributed by atoms with Crippen LogP contribution >= 0.6 is 0 Å². The van der Waals surface area contributed by atoms with E-state index in [-0.39, 0.29) is 70.5 Å². The van der Waals surface area contributed by atoms with E-state index >= 15 is 0 Å². The van der Waals surface area contributed by atoms with Crippen LogP contribution < -0.4 is 59.1 Å². The van der Waals surface area contributed by atoms with Crippen molar-refractivity contribution in [3.05, 3.63) is 11.4 Å². The predicted molar refractivity (Wildman–Crippen MR) is 38.2 cm³/mol. The first-order chi connectivity index (χ1) is 5.63. The van der Waals surface area contributed by atoms with Crippen LogP contribution in [-0.2, 0) is 7.05 Å². The van der Waals surface area contributed by atoms with E-state index in [9.17, 15) is 0 Å². The molecule has 1 rings (SSSR count). The van der Waals surface area contributed by atoms with Gasteiger partial charge < -0.3 is 14.8 Å². The zero-order valence-electron chi connectivity index (χ0n) is 8.24. The van der Waals surface area contributed by atoms with Crippen molar-refractivity contribution in [1.82, 2.24) is 4.57 Å². The van der Waals surface area contributed by atoms with Crippen LogP contribution in [0.15, 0.2) is 0 Å². The molecule has 5 nitrogen and oxygen atoms in total. The van der Waals surface area contributed by atoms with E-state index < -0.39 is 11.5 Å². The Morgan fingerprint density at radius 2 is 1.29 bits per heavy atom. The number of rotatable bonds is 0. The standard InChI is InChI=1S/C7H5N3O2.2Na/c1-10-4(2-8)6(11)7(12)5(10)3-9;;/h11-12H,1H3;;/q;2*+1. The second-order valence-electron chi connectivity index (χ2n) is 2.18. The second kappa shape index (κ2) is 6.36. The van der Waals surface area contributed by atoms with E-state index in [0.717, 1.165) is 4.57 Å². The van der Waals surface area contributed by atoms with E-state index in [4.69, 9.17) is 20.7 Å². The van der Waals surface area contributed by atoms with Gasteiger partial charge in [-0.05, 0) is 0 Å². The van der Waals surface area contributed by atoms with Gasteiger partial charge in [0.2, 0.25) is 0 Å². The third-order valence-corrected chi connectivity index (χ3v) is 1.56. The molecular formula is C7H5N3Na2O2+2. The Kier molecular flexibility index (Phi) is 7.41. The first-order valence-electron chi connectivity index (χ1n) is 3.04. The van der Waals surface area contributed by atoms with Crippen LogP contribution in [0.5, 0.6) is 11.5 Å². The molecule has 0 unspecified atom stereocenters. The molecule has 7 heteroatoms. The molecule has 2 N–H and O–H groups in total. The fourth-order valence-corrected chi connectivity index (χ4v) is 0.910. The van der Waals surface area contributed by atoms with Gasteiger partial charge in [0, 0.05) is 7.05 Å². The van der Waals surface area contributed by atoms with Gasteiger partial charge in [0.05, 0.1) is 0 Å². The Morgan fingerprint density at radius 3 is 1.43 bits per heavy atom. The monoisotopic (exact) mass is 209 g/mol. The second-order valence-corrected chi connectivity index (χ2v) is 2.18. The molecule has 0 radical (unpaired) electrons. The maximum atomic E-state index is 9.09. The van der Waals surface area contributed by atoms with Gasteiger partial charge in [-0.3, -0.25) is 0 Å². The molecule has 1 heterocycles. The number of aromatic hydroxyl groups is 2. The number of aromatic nitrogens is 1. The van der Waals surface area contributed by atoms with Crippen molar-refractivity contribution in [2.75, 3.05) is 0 Å². The summed E-state index contributed by atoms with van der Waals surface area (Å²) in [6.07, 6.45) is 0. The number of hydrogen-bond acceptors (Lipinski definition) is 4. The molecule has 0 aromatic carbocycles. The molecule has 1 aromatic rings. The Hall–Kier alpha value is -0.140. The molecule has 60 valence electrons. The van der Waals surface area contributed by atoms with Crippen molar-refractivity contribution in [3.8, 4) is 23.6 Å². The molecule has 0 spiro atoms. The Bertz CT molecular complexity index is 377. The zero-order chi connectivity index (χ0) is 9.30. The van der Waals surface area contributed by atoms with Crippen molar-refractivity contribution in [3.63, 3.8) is 0 Å². The van der Waals surface area contributed by atoms with Crippen LogP contribution in [0.2, 0.25) is 0 Å². The summed E-state index contributed by atoms with van der Waals surface area (Å²) in [7, 11) is 1.41. The Balaban J connectivity index is 0. The predicted octanol–water partition coefficient (Wildman–Crippen LogP) is -5.81. The van der Waals surface area contributed by atoms with Gasteiger partial charge in [0.1, 0.15) is 12.1 Å². The average molecular weight is 209 g/mol. The summed E-state index contributed by atoms with van der Waals surface area (Å²) in [4.78, 5) is 0. The molecule has 0 saturated heterocycles. The van der Waals surface area contributed by atoms with E-state index in [1.165, 1.54) is 7.05 Å². The Morgan fingerprint density at radius 1 is 1.00 bits per heavy atom. The van der Waals surface area contributed by atoms with E-state index in [1.807, 2.05) is 0 Å². The van der Waals surface area contributed by atoms with Crippen LogP contribution in [-0.4, -0.2) is 14.8 Å². The molecule has 0 saturated carbocycles. The van der Waals surface area contributed by atoms with Gasteiger partial charge in [0.25, 0.3) is 0 Å². The van der Waals surface area contributed by atoms with Gasteiger partial charge in [-0.2, -0.15) is 10.5 Å². The van der Waals surface area contributed by atoms with Crippen LogP contribution in [0.3, 0.4) is 0 Å². The van der Waals surface area contributed by atoms with Crippen LogP contribution in [0.1, 0.15) is 11.4 Å². The molecule has 0 aliphatic rings. The summed E-state index contributed by atoms with van der Waals surface area (Å²) in [5.41, 5.74) is -0.242. The van der Waals surface area contributed by atoms with E-state index in [1.54, 1.807) is 12.1 Å².